The molecule has 3 aromatic carbocycles. The molecule has 47 heavy (non-hydrogen) atoms. The quantitative estimate of drug-likeness (QED) is 0.0772. The Bertz CT molecular complexity index is 1810. The summed E-state index contributed by atoms with van der Waals surface area (Å²) in [5.74, 6) is -4.26. The Balaban J connectivity index is 1.67. The maximum atomic E-state index is 13.8. The summed E-state index contributed by atoms with van der Waals surface area (Å²) in [5.41, 5.74) is 8.12. The Morgan fingerprint density at radius 1 is 0.957 bits per heavy atom. The molecule has 0 fully saturated rings. The smallest absolute Gasteiger partial charge is 0.268 e. The number of aromatic amines is 1. The van der Waals surface area contributed by atoms with E-state index < -0.39 is 47.1 Å². The van der Waals surface area contributed by atoms with E-state index in [2.05, 4.69) is 36.9 Å². The molecule has 0 aliphatic heterocycles. The number of aromatic hydroxyl groups is 4. The Labute approximate surface area is 279 Å². The molecular weight excluding hydrogens is 670 g/mol. The summed E-state index contributed by atoms with van der Waals surface area (Å²) in [6, 6.07) is 12.0. The second-order valence-corrected chi connectivity index (χ2v) is 11.9. The first kappa shape index (κ1) is 34.6. The molecule has 3 unspecified atom stereocenters. The van der Waals surface area contributed by atoms with Crippen LogP contribution < -0.4 is 21.7 Å². The van der Waals surface area contributed by atoms with E-state index in [9.17, 15) is 34.8 Å². The van der Waals surface area contributed by atoms with Crippen molar-refractivity contribution >= 4 is 56.7 Å². The van der Waals surface area contributed by atoms with Crippen molar-refractivity contribution in [2.75, 3.05) is 0 Å². The van der Waals surface area contributed by atoms with E-state index in [1.54, 1.807) is 31.3 Å². The van der Waals surface area contributed by atoms with Crippen LogP contribution in [0, 0.1) is 5.92 Å². The van der Waals surface area contributed by atoms with Crippen LogP contribution >= 0.6 is 15.9 Å². The first-order valence-corrected chi connectivity index (χ1v) is 15.5. The molecule has 4 aromatic rings. The lowest BCUT2D eigenvalue weighted by molar-refractivity contribution is -0.128. The number of carbonyl (C=O) groups is 3. The molecular formula is C34H36BrN5O7. The lowest BCUT2D eigenvalue weighted by Crippen LogP contribution is -2.51. The molecule has 0 spiro atoms. The van der Waals surface area contributed by atoms with Crippen molar-refractivity contribution in [1.29, 1.82) is 0 Å². The van der Waals surface area contributed by atoms with Crippen LogP contribution in [0.4, 0.5) is 0 Å². The first-order chi connectivity index (χ1) is 22.4. The second kappa shape index (κ2) is 15.3. The van der Waals surface area contributed by atoms with Crippen molar-refractivity contribution in [3.05, 3.63) is 93.9 Å². The molecule has 3 amide bonds. The average Bonchev–Trinajstić information content (AvgIpc) is 3.44. The van der Waals surface area contributed by atoms with Crippen LogP contribution in [0.25, 0.3) is 23.1 Å². The SMILES string of the molecule is CCC(C)C(N)C(=O)NC(=Cc1cc(O)c(O)c(O)c1)C(=O)NC(Cc1c[nH]c2cc(Br)ccc12)C(=O)NC=Cc1ccc(O)cc1. The van der Waals surface area contributed by atoms with Crippen molar-refractivity contribution in [3.8, 4) is 23.0 Å². The zero-order chi connectivity index (χ0) is 34.2. The summed E-state index contributed by atoms with van der Waals surface area (Å²) in [6.07, 6.45) is 6.60. The number of hydrogen-bond acceptors (Lipinski definition) is 8. The van der Waals surface area contributed by atoms with Crippen molar-refractivity contribution in [1.82, 2.24) is 20.9 Å². The molecule has 0 radical (unpaired) electrons. The van der Waals surface area contributed by atoms with E-state index in [1.807, 2.05) is 25.1 Å². The van der Waals surface area contributed by atoms with Crippen LogP contribution in [0.1, 0.15) is 37.0 Å². The predicted molar refractivity (Wildman–Crippen MR) is 182 cm³/mol. The van der Waals surface area contributed by atoms with Crippen LogP contribution in [0.2, 0.25) is 0 Å². The molecule has 12 nitrogen and oxygen atoms in total. The van der Waals surface area contributed by atoms with Gasteiger partial charge in [-0.1, -0.05) is 54.4 Å². The molecule has 13 heteroatoms. The van der Waals surface area contributed by atoms with Crippen molar-refractivity contribution in [2.24, 2.45) is 11.7 Å². The molecule has 10 N–H and O–H groups in total. The van der Waals surface area contributed by atoms with Gasteiger partial charge in [0.1, 0.15) is 17.5 Å². The number of carbonyl (C=O) groups excluding carboxylic acids is 3. The van der Waals surface area contributed by atoms with Crippen molar-refractivity contribution in [3.63, 3.8) is 0 Å². The lowest BCUT2D eigenvalue weighted by atomic mass is 9.99. The molecule has 0 aliphatic rings. The number of halogens is 1. The monoisotopic (exact) mass is 705 g/mol. The number of nitrogens with one attached hydrogen (secondary N) is 4. The fourth-order valence-corrected chi connectivity index (χ4v) is 5.02. The lowest BCUT2D eigenvalue weighted by Gasteiger charge is -2.21. The standard InChI is InChI=1S/C34H36BrN5O7/c1-3-18(2)30(36)34(47)40-26(12-20-13-28(42)31(44)29(43)14-20)33(46)39-27(15-21-17-38-25-16-22(35)6-9-24(21)25)32(45)37-11-10-19-4-7-23(41)8-5-19/h4-14,16-18,27,30,38,41-44H,3,15,36H2,1-2H3,(H,37,45)(H,39,46)(H,40,47). The molecule has 0 saturated heterocycles. The highest BCUT2D eigenvalue weighted by molar-refractivity contribution is 9.10. The van der Waals surface area contributed by atoms with E-state index in [1.165, 1.54) is 24.4 Å². The minimum absolute atomic E-state index is 0.0562. The zero-order valence-electron chi connectivity index (χ0n) is 25.6. The molecule has 246 valence electrons. The number of fused-ring (bicyclic) bond motifs is 1. The van der Waals surface area contributed by atoms with E-state index in [-0.39, 0.29) is 29.3 Å². The van der Waals surface area contributed by atoms with Gasteiger partial charge in [-0.25, -0.2) is 0 Å². The number of aromatic nitrogens is 1. The topological polar surface area (TPSA) is 210 Å². The van der Waals surface area contributed by atoms with Crippen molar-refractivity contribution < 1.29 is 34.8 Å². The Morgan fingerprint density at radius 3 is 2.30 bits per heavy atom. The van der Waals surface area contributed by atoms with Crippen LogP contribution in [0.5, 0.6) is 23.0 Å². The minimum Gasteiger partial charge on any atom is -0.508 e. The summed E-state index contributed by atoms with van der Waals surface area (Å²) >= 11 is 3.44. The van der Waals surface area contributed by atoms with Gasteiger partial charge >= 0.3 is 0 Å². The number of phenolic OH excluding ortho intramolecular Hbond substituents is 4. The molecule has 1 aromatic heterocycles. The van der Waals surface area contributed by atoms with Crippen LogP contribution in [-0.2, 0) is 20.8 Å². The van der Waals surface area contributed by atoms with Gasteiger partial charge in [-0.15, -0.1) is 0 Å². The van der Waals surface area contributed by atoms with E-state index in [0.29, 0.717) is 12.0 Å². The van der Waals surface area contributed by atoms with Gasteiger partial charge in [-0.2, -0.15) is 0 Å². The number of H-pyrrole nitrogens is 1. The van der Waals surface area contributed by atoms with E-state index in [4.69, 9.17) is 5.73 Å². The van der Waals surface area contributed by atoms with Gasteiger partial charge in [0.15, 0.2) is 17.2 Å². The Kier molecular flexibility index (Phi) is 11.3. The van der Waals surface area contributed by atoms with E-state index in [0.717, 1.165) is 33.1 Å². The summed E-state index contributed by atoms with van der Waals surface area (Å²) < 4.78 is 0.854. The number of benzene rings is 3. The van der Waals surface area contributed by atoms with Gasteiger partial charge in [0.05, 0.1) is 6.04 Å². The van der Waals surface area contributed by atoms with Crippen LogP contribution in [0.3, 0.4) is 0 Å². The van der Waals surface area contributed by atoms with Crippen LogP contribution in [-0.4, -0.2) is 55.2 Å². The molecule has 3 atom stereocenters. The van der Waals surface area contributed by atoms with Gasteiger partial charge < -0.3 is 47.1 Å². The highest BCUT2D eigenvalue weighted by atomic mass is 79.9. The fourth-order valence-electron chi connectivity index (χ4n) is 4.66. The summed E-state index contributed by atoms with van der Waals surface area (Å²) in [6.45, 7) is 3.65. The predicted octanol–water partition coefficient (Wildman–Crippen LogP) is 4.10. The Morgan fingerprint density at radius 2 is 1.64 bits per heavy atom. The van der Waals surface area contributed by atoms with Gasteiger partial charge in [0, 0.05) is 34.2 Å². The Hall–Kier alpha value is -5.27. The number of phenols is 4. The molecule has 0 bridgehead atoms. The molecule has 0 saturated carbocycles. The highest BCUT2D eigenvalue weighted by Gasteiger charge is 2.27. The first-order valence-electron chi connectivity index (χ1n) is 14.7. The van der Waals surface area contributed by atoms with Crippen molar-refractivity contribution in [2.45, 2.75) is 38.8 Å². The van der Waals surface area contributed by atoms with Gasteiger partial charge in [0.25, 0.3) is 5.91 Å². The van der Waals surface area contributed by atoms with Gasteiger partial charge in [-0.05, 0) is 71.2 Å². The highest BCUT2D eigenvalue weighted by Crippen LogP contribution is 2.36. The maximum Gasteiger partial charge on any atom is 0.268 e. The molecule has 4 rings (SSSR count). The maximum absolute atomic E-state index is 13.8. The van der Waals surface area contributed by atoms with E-state index >= 15 is 0 Å². The third kappa shape index (κ3) is 8.93. The normalized spacial score (nSPS) is 13.7. The molecule has 1 heterocycles. The largest absolute Gasteiger partial charge is 0.508 e. The number of amides is 3. The number of nitrogens with two attached hydrogens (primary N) is 1. The molecule has 0 aliphatic carbocycles. The average molecular weight is 707 g/mol. The summed E-state index contributed by atoms with van der Waals surface area (Å²) in [7, 11) is 0. The summed E-state index contributed by atoms with van der Waals surface area (Å²) in [4.78, 5) is 43.6. The number of hydrogen-bond donors (Lipinski definition) is 9. The second-order valence-electron chi connectivity index (χ2n) is 11.0. The third-order valence-corrected chi connectivity index (χ3v) is 8.13. The number of rotatable bonds is 12. The third-order valence-electron chi connectivity index (χ3n) is 7.64. The fraction of sp³-hybridized carbons (Fsp3) is 0.206. The zero-order valence-corrected chi connectivity index (χ0v) is 27.2. The van der Waals surface area contributed by atoms with Crippen LogP contribution in [0.15, 0.2) is 77.2 Å². The van der Waals surface area contributed by atoms with Gasteiger partial charge in [0.2, 0.25) is 11.8 Å². The summed E-state index contributed by atoms with van der Waals surface area (Å²) in [5, 5.41) is 48.1. The minimum atomic E-state index is -1.15. The van der Waals surface area contributed by atoms with Gasteiger partial charge in [-0.3, -0.25) is 14.4 Å².